The second kappa shape index (κ2) is 6.49. The molecule has 1 aliphatic rings. The van der Waals surface area contributed by atoms with Gasteiger partial charge in [-0.05, 0) is 87.6 Å². The van der Waals surface area contributed by atoms with Crippen molar-refractivity contribution in [2.45, 2.75) is 65.4 Å². The topological polar surface area (TPSA) is 9.23 Å². The molecule has 1 fully saturated rings. The Labute approximate surface area is 128 Å². The van der Waals surface area contributed by atoms with Crippen LogP contribution in [0.1, 0.15) is 59.4 Å². The van der Waals surface area contributed by atoms with Crippen LogP contribution in [0.25, 0.3) is 0 Å². The predicted octanol–water partition coefficient (Wildman–Crippen LogP) is 5.41. The van der Waals surface area contributed by atoms with E-state index in [4.69, 9.17) is 16.3 Å². The molecule has 0 radical (unpaired) electrons. The van der Waals surface area contributed by atoms with E-state index < -0.39 is 0 Å². The van der Waals surface area contributed by atoms with E-state index in [-0.39, 0.29) is 5.38 Å². The number of benzene rings is 1. The van der Waals surface area contributed by atoms with Crippen LogP contribution in [-0.4, -0.2) is 12.7 Å². The summed E-state index contributed by atoms with van der Waals surface area (Å²) in [4.78, 5) is 0. The molecule has 0 aliphatic heterocycles. The number of halogens is 1. The summed E-state index contributed by atoms with van der Waals surface area (Å²) >= 11 is 6.75. The number of rotatable bonds is 5. The first kappa shape index (κ1) is 15.9. The van der Waals surface area contributed by atoms with E-state index in [1.165, 1.54) is 40.7 Å². The van der Waals surface area contributed by atoms with Crippen molar-refractivity contribution in [3.8, 4) is 0 Å². The van der Waals surface area contributed by atoms with Crippen LogP contribution in [0.2, 0.25) is 0 Å². The minimum Gasteiger partial charge on any atom is -0.378 e. The molecule has 1 unspecified atom stereocenters. The summed E-state index contributed by atoms with van der Waals surface area (Å²) < 4.78 is 5.64. The van der Waals surface area contributed by atoms with Crippen molar-refractivity contribution in [1.29, 1.82) is 0 Å². The molecule has 0 spiro atoms. The molecular formula is C18H27ClO. The highest BCUT2D eigenvalue weighted by Crippen LogP contribution is 2.41. The zero-order valence-electron chi connectivity index (χ0n) is 13.4. The zero-order chi connectivity index (χ0) is 14.9. The van der Waals surface area contributed by atoms with Gasteiger partial charge in [-0.1, -0.05) is 6.07 Å². The van der Waals surface area contributed by atoms with Crippen LogP contribution in [0.3, 0.4) is 0 Å². The first-order chi connectivity index (χ1) is 9.43. The normalized spacial score (nSPS) is 23.5. The van der Waals surface area contributed by atoms with Crippen molar-refractivity contribution in [2.75, 3.05) is 6.61 Å². The van der Waals surface area contributed by atoms with E-state index in [0.29, 0.717) is 6.10 Å². The molecule has 1 saturated carbocycles. The van der Waals surface area contributed by atoms with E-state index in [9.17, 15) is 0 Å². The minimum atomic E-state index is 0.140. The highest BCUT2D eigenvalue weighted by Gasteiger charge is 2.32. The summed E-state index contributed by atoms with van der Waals surface area (Å²) in [5.41, 5.74) is 6.82. The third kappa shape index (κ3) is 3.20. The first-order valence-electron chi connectivity index (χ1n) is 7.77. The molecule has 0 bridgehead atoms. The van der Waals surface area contributed by atoms with Crippen LogP contribution in [0, 0.1) is 33.6 Å². The fourth-order valence-electron chi connectivity index (χ4n) is 3.37. The predicted molar refractivity (Wildman–Crippen MR) is 86.7 cm³/mol. The maximum absolute atomic E-state index is 6.75. The minimum absolute atomic E-state index is 0.140. The average molecular weight is 295 g/mol. The van der Waals surface area contributed by atoms with Crippen LogP contribution in [0.5, 0.6) is 0 Å². The lowest BCUT2D eigenvalue weighted by Crippen LogP contribution is -2.32. The van der Waals surface area contributed by atoms with Crippen molar-refractivity contribution in [1.82, 2.24) is 0 Å². The van der Waals surface area contributed by atoms with Gasteiger partial charge in [0.05, 0.1) is 11.5 Å². The van der Waals surface area contributed by atoms with E-state index in [1.807, 2.05) is 0 Å². The SMILES string of the molecule is CCOC1CC(CC(Cl)c2c(C)c(C)cc(C)c2C)C1. The van der Waals surface area contributed by atoms with Gasteiger partial charge in [-0.25, -0.2) is 0 Å². The molecule has 0 N–H and O–H groups in total. The molecule has 1 atom stereocenters. The van der Waals surface area contributed by atoms with E-state index in [2.05, 4.69) is 40.7 Å². The van der Waals surface area contributed by atoms with E-state index >= 15 is 0 Å². The maximum atomic E-state index is 6.75. The quantitative estimate of drug-likeness (QED) is 0.660. The van der Waals surface area contributed by atoms with Gasteiger partial charge < -0.3 is 4.74 Å². The summed E-state index contributed by atoms with van der Waals surface area (Å²) in [7, 11) is 0. The fraction of sp³-hybridized carbons (Fsp3) is 0.667. The third-order valence-corrected chi connectivity index (χ3v) is 5.27. The Morgan fingerprint density at radius 1 is 1.15 bits per heavy atom. The van der Waals surface area contributed by atoms with Crippen LogP contribution >= 0.6 is 11.6 Å². The maximum Gasteiger partial charge on any atom is 0.0593 e. The Hall–Kier alpha value is -0.530. The first-order valence-corrected chi connectivity index (χ1v) is 8.20. The van der Waals surface area contributed by atoms with Gasteiger partial charge in [-0.15, -0.1) is 11.6 Å². The Balaban J connectivity index is 2.05. The molecule has 20 heavy (non-hydrogen) atoms. The molecule has 112 valence electrons. The van der Waals surface area contributed by atoms with Gasteiger partial charge in [0.2, 0.25) is 0 Å². The summed E-state index contributed by atoms with van der Waals surface area (Å²) in [6.45, 7) is 11.7. The second-order valence-corrected chi connectivity index (χ2v) is 6.82. The van der Waals surface area contributed by atoms with Gasteiger partial charge >= 0.3 is 0 Å². The van der Waals surface area contributed by atoms with Gasteiger partial charge in [-0.3, -0.25) is 0 Å². The molecule has 0 heterocycles. The van der Waals surface area contributed by atoms with Gasteiger partial charge in [0.1, 0.15) is 0 Å². The zero-order valence-corrected chi connectivity index (χ0v) is 14.2. The number of alkyl halides is 1. The van der Waals surface area contributed by atoms with Crippen molar-refractivity contribution in [3.05, 3.63) is 33.9 Å². The molecule has 0 amide bonds. The lowest BCUT2D eigenvalue weighted by atomic mass is 9.77. The molecular weight excluding hydrogens is 268 g/mol. The number of ether oxygens (including phenoxy) is 1. The number of aryl methyl sites for hydroxylation is 2. The Morgan fingerprint density at radius 3 is 2.20 bits per heavy atom. The van der Waals surface area contributed by atoms with Gasteiger partial charge in [0.25, 0.3) is 0 Å². The standard InChI is InChI=1S/C18H27ClO/c1-6-20-16-8-15(9-16)10-17(19)18-13(4)11(2)7-12(3)14(18)5/h7,15-17H,6,8-10H2,1-5H3. The monoisotopic (exact) mass is 294 g/mol. The van der Waals surface area contributed by atoms with Crippen molar-refractivity contribution < 1.29 is 4.74 Å². The van der Waals surface area contributed by atoms with Crippen LogP contribution in [0.15, 0.2) is 6.07 Å². The van der Waals surface area contributed by atoms with E-state index in [1.54, 1.807) is 0 Å². The molecule has 2 heteroatoms. The Kier molecular flexibility index (Phi) is 5.14. The number of hydrogen-bond donors (Lipinski definition) is 0. The van der Waals surface area contributed by atoms with E-state index in [0.717, 1.165) is 18.9 Å². The lowest BCUT2D eigenvalue weighted by Gasteiger charge is -2.36. The smallest absolute Gasteiger partial charge is 0.0593 e. The van der Waals surface area contributed by atoms with Crippen LogP contribution in [-0.2, 0) is 4.74 Å². The van der Waals surface area contributed by atoms with Crippen LogP contribution < -0.4 is 0 Å². The third-order valence-electron chi connectivity index (χ3n) is 4.87. The summed E-state index contributed by atoms with van der Waals surface area (Å²) in [5.74, 6) is 0.730. The molecule has 1 nitrogen and oxygen atoms in total. The molecule has 1 aliphatic carbocycles. The van der Waals surface area contributed by atoms with Gasteiger partial charge in [0.15, 0.2) is 0 Å². The molecule has 1 aromatic rings. The van der Waals surface area contributed by atoms with Crippen molar-refractivity contribution in [2.24, 2.45) is 5.92 Å². The van der Waals surface area contributed by atoms with Crippen molar-refractivity contribution in [3.63, 3.8) is 0 Å². The summed E-state index contributed by atoms with van der Waals surface area (Å²) in [6.07, 6.45) is 3.92. The Morgan fingerprint density at radius 2 is 1.70 bits per heavy atom. The molecule has 0 saturated heterocycles. The summed E-state index contributed by atoms with van der Waals surface area (Å²) in [5, 5.41) is 0.140. The second-order valence-electron chi connectivity index (χ2n) is 6.29. The molecule has 1 aromatic carbocycles. The Bertz CT molecular complexity index is 449. The fourth-order valence-corrected chi connectivity index (χ4v) is 3.95. The van der Waals surface area contributed by atoms with Crippen LogP contribution in [0.4, 0.5) is 0 Å². The highest BCUT2D eigenvalue weighted by atomic mass is 35.5. The van der Waals surface area contributed by atoms with Crippen molar-refractivity contribution >= 4 is 11.6 Å². The lowest BCUT2D eigenvalue weighted by molar-refractivity contribution is -0.0267. The average Bonchev–Trinajstić information content (AvgIpc) is 2.34. The highest BCUT2D eigenvalue weighted by molar-refractivity contribution is 6.21. The molecule has 0 aromatic heterocycles. The van der Waals surface area contributed by atoms with Gasteiger partial charge in [0, 0.05) is 6.61 Å². The number of hydrogen-bond acceptors (Lipinski definition) is 1. The van der Waals surface area contributed by atoms with Gasteiger partial charge in [-0.2, -0.15) is 0 Å². The molecule has 2 rings (SSSR count). The largest absolute Gasteiger partial charge is 0.378 e. The summed E-state index contributed by atoms with van der Waals surface area (Å²) in [6, 6.07) is 2.27.